The maximum Gasteiger partial charge on any atom is 0.332 e. The Kier molecular flexibility index (Phi) is 9.30. The Hall–Kier alpha value is -3.50. The van der Waals surface area contributed by atoms with Crippen LogP contribution in [0.3, 0.4) is 0 Å². The molecule has 3 heterocycles. The molecule has 9 nitrogen and oxygen atoms in total. The quantitative estimate of drug-likeness (QED) is 0.183. The van der Waals surface area contributed by atoms with E-state index in [0.29, 0.717) is 23.7 Å². The van der Waals surface area contributed by atoms with Gasteiger partial charge >= 0.3 is 5.69 Å². The molecule has 0 spiro atoms. The number of amides is 1. The van der Waals surface area contributed by atoms with E-state index in [1.807, 2.05) is 19.0 Å². The van der Waals surface area contributed by atoms with Gasteiger partial charge in [0.25, 0.3) is 5.91 Å². The molecule has 2 aromatic rings. The van der Waals surface area contributed by atoms with Crippen molar-refractivity contribution < 1.29 is 9.18 Å². The number of aliphatic imine (C=N–C) groups is 1. The average Bonchev–Trinajstić information content (AvgIpc) is 3.29. The molecule has 2 N–H and O–H groups in total. The first-order valence-corrected chi connectivity index (χ1v) is 13.3. The Labute approximate surface area is 223 Å². The van der Waals surface area contributed by atoms with Crippen molar-refractivity contribution in [1.29, 1.82) is 0 Å². The number of hydrogen-bond acceptors (Lipinski definition) is 5. The highest BCUT2D eigenvalue weighted by Gasteiger charge is 2.22. The lowest BCUT2D eigenvalue weighted by Crippen LogP contribution is -2.54. The number of nitrogens with one attached hydrogen (secondary N) is 2. The second kappa shape index (κ2) is 12.8. The monoisotopic (exact) mass is 523 g/mol. The minimum Gasteiger partial charge on any atom is -0.360 e. The molecule has 2 aliphatic rings. The molecule has 1 atom stereocenters. The first-order valence-electron chi connectivity index (χ1n) is 13.3. The van der Waals surface area contributed by atoms with Gasteiger partial charge in [0.15, 0.2) is 0 Å². The average molecular weight is 524 g/mol. The van der Waals surface area contributed by atoms with Crippen LogP contribution in [0.2, 0.25) is 0 Å². The molecule has 1 unspecified atom stereocenters. The van der Waals surface area contributed by atoms with Gasteiger partial charge in [-0.3, -0.25) is 19.4 Å². The predicted octanol–water partition coefficient (Wildman–Crippen LogP) is 3.04. The Bertz CT molecular complexity index is 1220. The van der Waals surface area contributed by atoms with Gasteiger partial charge in [-0.05, 0) is 75.8 Å². The molecular formula is C28H38FN7O2. The fourth-order valence-corrected chi connectivity index (χ4v) is 4.98. The molecule has 10 heteroatoms. The molecule has 2 fully saturated rings. The van der Waals surface area contributed by atoms with Crippen molar-refractivity contribution in [3.63, 3.8) is 0 Å². The van der Waals surface area contributed by atoms with Crippen LogP contribution in [0.4, 0.5) is 4.39 Å². The normalized spacial score (nSPS) is 19.6. The molecule has 1 amide bonds. The van der Waals surface area contributed by atoms with Gasteiger partial charge in [0.1, 0.15) is 11.7 Å². The third kappa shape index (κ3) is 6.87. The number of amidine groups is 1. The lowest BCUT2D eigenvalue weighted by Gasteiger charge is -2.33. The zero-order valence-electron chi connectivity index (χ0n) is 22.3. The number of aromatic nitrogens is 2. The van der Waals surface area contributed by atoms with Gasteiger partial charge in [-0.25, -0.2) is 19.2 Å². The summed E-state index contributed by atoms with van der Waals surface area (Å²) in [7, 11) is 1.87. The van der Waals surface area contributed by atoms with Crippen molar-refractivity contribution in [2.45, 2.75) is 51.7 Å². The lowest BCUT2D eigenvalue weighted by molar-refractivity contribution is -0.122. The third-order valence-electron chi connectivity index (χ3n) is 7.38. The van der Waals surface area contributed by atoms with Gasteiger partial charge in [-0.2, -0.15) is 0 Å². The third-order valence-corrected chi connectivity index (χ3v) is 7.38. The fraction of sp³-hybridized carbons (Fsp3) is 0.464. The lowest BCUT2D eigenvalue weighted by atomic mass is 9.96. The van der Waals surface area contributed by atoms with E-state index in [-0.39, 0.29) is 23.6 Å². The summed E-state index contributed by atoms with van der Waals surface area (Å²) in [6.45, 7) is 8.97. The van der Waals surface area contributed by atoms with Gasteiger partial charge in [0, 0.05) is 45.3 Å². The predicted molar refractivity (Wildman–Crippen MR) is 147 cm³/mol. The number of rotatable bonds is 8. The van der Waals surface area contributed by atoms with Gasteiger partial charge in [-0.15, -0.1) is 0 Å². The van der Waals surface area contributed by atoms with Crippen LogP contribution in [-0.4, -0.2) is 63.6 Å². The van der Waals surface area contributed by atoms with Crippen molar-refractivity contribution in [2.75, 3.05) is 26.7 Å². The number of hydrogen-bond donors (Lipinski definition) is 2. The van der Waals surface area contributed by atoms with Crippen molar-refractivity contribution in [3.05, 3.63) is 77.4 Å². The minimum absolute atomic E-state index is 0.123. The molecule has 204 valence electrons. The van der Waals surface area contributed by atoms with E-state index in [0.717, 1.165) is 57.6 Å². The van der Waals surface area contributed by atoms with Crippen LogP contribution in [-0.2, 0) is 11.3 Å². The van der Waals surface area contributed by atoms with Crippen molar-refractivity contribution in [3.8, 4) is 5.69 Å². The summed E-state index contributed by atoms with van der Waals surface area (Å²) in [5, 5.41) is 5.22. The highest BCUT2D eigenvalue weighted by molar-refractivity contribution is 5.96. The summed E-state index contributed by atoms with van der Waals surface area (Å²) in [6, 6.07) is 5.91. The number of carbonyl (C=O) groups excluding carboxylic acids is 1. The number of imidazole rings is 1. The Morgan fingerprint density at radius 2 is 1.95 bits per heavy atom. The van der Waals surface area contributed by atoms with Crippen molar-refractivity contribution >= 4 is 11.7 Å². The van der Waals surface area contributed by atoms with E-state index >= 15 is 0 Å². The van der Waals surface area contributed by atoms with Gasteiger partial charge in [0.2, 0.25) is 0 Å². The van der Waals surface area contributed by atoms with E-state index in [4.69, 9.17) is 0 Å². The number of likely N-dealkylation sites (tertiary alicyclic amines) is 1. The molecule has 2 saturated heterocycles. The first-order chi connectivity index (χ1) is 18.4. The highest BCUT2D eigenvalue weighted by Crippen LogP contribution is 2.19. The second-order valence-corrected chi connectivity index (χ2v) is 9.99. The Morgan fingerprint density at radius 1 is 1.21 bits per heavy atom. The SMILES string of the molecule is C=C/C(=C\N=C(C)N1CCC(Cn2ccn(-c3ccc(F)cc3)c2=O)CC1)C(=O)NN(C)C1CCCCN1. The number of nitrogens with zero attached hydrogens (tertiary/aromatic N) is 5. The maximum atomic E-state index is 13.2. The van der Waals surface area contributed by atoms with E-state index in [2.05, 4.69) is 27.2 Å². The molecular weight excluding hydrogens is 485 g/mol. The first kappa shape index (κ1) is 27.5. The molecule has 2 aliphatic heterocycles. The molecule has 1 aromatic heterocycles. The van der Waals surface area contributed by atoms with Crippen molar-refractivity contribution in [1.82, 2.24) is 29.8 Å². The molecule has 0 aliphatic carbocycles. The molecule has 0 bridgehead atoms. The van der Waals surface area contributed by atoms with E-state index in [1.165, 1.54) is 22.8 Å². The summed E-state index contributed by atoms with van der Waals surface area (Å²) in [5.74, 6) is 0.654. The summed E-state index contributed by atoms with van der Waals surface area (Å²) in [6.07, 6.45) is 11.9. The minimum atomic E-state index is -0.328. The Morgan fingerprint density at radius 3 is 2.61 bits per heavy atom. The second-order valence-electron chi connectivity index (χ2n) is 9.99. The molecule has 4 rings (SSSR count). The van der Waals surface area contributed by atoms with Crippen molar-refractivity contribution in [2.24, 2.45) is 10.9 Å². The molecule has 38 heavy (non-hydrogen) atoms. The van der Waals surface area contributed by atoms with E-state index in [9.17, 15) is 14.0 Å². The topological polar surface area (TPSA) is 86.9 Å². The zero-order valence-corrected chi connectivity index (χ0v) is 22.3. The number of piperidine rings is 2. The zero-order chi connectivity index (χ0) is 27.1. The largest absolute Gasteiger partial charge is 0.360 e. The summed E-state index contributed by atoms with van der Waals surface area (Å²) in [5.41, 5.74) is 3.85. The fourth-order valence-electron chi connectivity index (χ4n) is 4.98. The van der Waals surface area contributed by atoms with Crippen LogP contribution >= 0.6 is 0 Å². The highest BCUT2D eigenvalue weighted by atomic mass is 19.1. The maximum absolute atomic E-state index is 13.2. The van der Waals surface area contributed by atoms with Crippen LogP contribution in [0.15, 0.2) is 70.9 Å². The molecule has 1 aromatic carbocycles. The van der Waals surface area contributed by atoms with Gasteiger partial charge in [0.05, 0.1) is 17.4 Å². The summed E-state index contributed by atoms with van der Waals surface area (Å²) >= 11 is 0. The standard InChI is InChI=1S/C28H38FN7O2/c1-4-23(27(37)32-33(3)26-7-5-6-14-30-26)19-31-21(2)34-15-12-22(13-16-34)20-35-17-18-36(28(35)38)25-10-8-24(29)9-11-25/h4,8-11,17-19,22,26,30H,1,5-7,12-16,20H2,2-3H3,(H,32,37)/b23-19+,31-21?. The molecule has 0 radical (unpaired) electrons. The molecule has 0 saturated carbocycles. The number of benzene rings is 1. The van der Waals surface area contributed by atoms with E-state index in [1.54, 1.807) is 35.3 Å². The van der Waals surface area contributed by atoms with Gasteiger partial charge < -0.3 is 10.2 Å². The number of carbonyl (C=O) groups is 1. The van der Waals surface area contributed by atoms with Crippen LogP contribution in [0.5, 0.6) is 0 Å². The number of hydrazine groups is 1. The van der Waals surface area contributed by atoms with Crippen LogP contribution in [0, 0.1) is 11.7 Å². The van der Waals surface area contributed by atoms with Crippen LogP contribution < -0.4 is 16.4 Å². The number of halogens is 1. The Balaban J connectivity index is 1.29. The van der Waals surface area contributed by atoms with E-state index < -0.39 is 0 Å². The smallest absolute Gasteiger partial charge is 0.332 e. The van der Waals surface area contributed by atoms with Gasteiger partial charge in [-0.1, -0.05) is 12.7 Å². The van der Waals surface area contributed by atoms with Crippen LogP contribution in [0.25, 0.3) is 5.69 Å². The van der Waals surface area contributed by atoms with Crippen LogP contribution in [0.1, 0.15) is 39.0 Å². The summed E-state index contributed by atoms with van der Waals surface area (Å²) < 4.78 is 16.5. The summed E-state index contributed by atoms with van der Waals surface area (Å²) in [4.78, 5) is 32.3.